The summed E-state index contributed by atoms with van der Waals surface area (Å²) in [6, 6.07) is 11.9. The van der Waals surface area contributed by atoms with E-state index < -0.39 is 12.3 Å². The topological polar surface area (TPSA) is 77.1 Å². The number of carbonyl (C=O) groups is 1. The van der Waals surface area contributed by atoms with Gasteiger partial charge in [0.25, 0.3) is 0 Å². The maximum Gasteiger partial charge on any atom is 0.573 e. The van der Waals surface area contributed by atoms with Gasteiger partial charge in [-0.1, -0.05) is 24.3 Å². The van der Waals surface area contributed by atoms with Crippen LogP contribution >= 0.6 is 0 Å². The van der Waals surface area contributed by atoms with Crippen molar-refractivity contribution in [3.05, 3.63) is 60.7 Å². The van der Waals surface area contributed by atoms with Crippen molar-refractivity contribution >= 4 is 5.97 Å². The summed E-state index contributed by atoms with van der Waals surface area (Å²) in [6.45, 7) is 0. The lowest BCUT2D eigenvalue weighted by molar-refractivity contribution is -0.274. The van der Waals surface area contributed by atoms with Crippen LogP contribution in [-0.4, -0.2) is 27.5 Å². The van der Waals surface area contributed by atoms with E-state index in [2.05, 4.69) is 19.9 Å². The van der Waals surface area contributed by atoms with Gasteiger partial charge in [0.1, 0.15) is 17.8 Å². The second kappa shape index (κ2) is 6.63. The van der Waals surface area contributed by atoms with Crippen LogP contribution in [0.5, 0.6) is 11.5 Å². The minimum atomic E-state index is -4.74. The molecule has 128 valence electrons. The van der Waals surface area contributed by atoms with Crippen LogP contribution in [0.25, 0.3) is 11.1 Å². The van der Waals surface area contributed by atoms with Gasteiger partial charge in [0.15, 0.2) is 0 Å². The number of hydrogen-bond donors (Lipinski definition) is 1. The number of halogens is 3. The molecule has 0 aliphatic carbocycles. The number of aromatic nitrogens is 3. The Hall–Kier alpha value is -3.36. The van der Waals surface area contributed by atoms with Crippen LogP contribution in [0.3, 0.4) is 0 Å². The lowest BCUT2D eigenvalue weighted by Crippen LogP contribution is -2.16. The van der Waals surface area contributed by atoms with Gasteiger partial charge in [0.05, 0.1) is 0 Å². The molecule has 0 fully saturated rings. The summed E-state index contributed by atoms with van der Waals surface area (Å²) in [7, 11) is 0. The first-order valence-electron chi connectivity index (χ1n) is 6.94. The monoisotopic (exact) mass is 349 g/mol. The van der Waals surface area contributed by atoms with Crippen LogP contribution in [0.4, 0.5) is 13.2 Å². The third-order valence-electron chi connectivity index (χ3n) is 3.07. The van der Waals surface area contributed by atoms with E-state index in [0.717, 1.165) is 0 Å². The number of alkyl halides is 3. The zero-order valence-electron chi connectivity index (χ0n) is 12.4. The Morgan fingerprint density at radius 3 is 2.40 bits per heavy atom. The molecule has 1 N–H and O–H groups in total. The number of H-pyrrole nitrogens is 1. The maximum absolute atomic E-state index is 12.2. The van der Waals surface area contributed by atoms with E-state index >= 15 is 0 Å². The Kier molecular flexibility index (Phi) is 4.38. The van der Waals surface area contributed by atoms with E-state index in [0.29, 0.717) is 11.1 Å². The fourth-order valence-corrected chi connectivity index (χ4v) is 2.05. The van der Waals surface area contributed by atoms with Gasteiger partial charge in [0, 0.05) is 0 Å². The molecule has 9 heteroatoms. The Morgan fingerprint density at radius 2 is 1.76 bits per heavy atom. The van der Waals surface area contributed by atoms with Crippen molar-refractivity contribution in [2.24, 2.45) is 0 Å². The summed E-state index contributed by atoms with van der Waals surface area (Å²) in [5, 5.41) is 5.94. The summed E-state index contributed by atoms with van der Waals surface area (Å²) in [4.78, 5) is 15.5. The number of nitrogens with zero attached hydrogens (tertiary/aromatic N) is 2. The molecule has 2 aromatic carbocycles. The first-order chi connectivity index (χ1) is 11.9. The smallest absolute Gasteiger partial charge is 0.421 e. The van der Waals surface area contributed by atoms with Gasteiger partial charge in [-0.05, 0) is 35.4 Å². The molecule has 0 amide bonds. The molecule has 0 atom stereocenters. The number of hydrogen-bond acceptors (Lipinski definition) is 5. The average molecular weight is 349 g/mol. The van der Waals surface area contributed by atoms with E-state index in [-0.39, 0.29) is 17.3 Å². The summed E-state index contributed by atoms with van der Waals surface area (Å²) < 4.78 is 45.5. The molecule has 1 heterocycles. The number of benzene rings is 2. The number of carbonyl (C=O) groups excluding carboxylic acids is 1. The maximum atomic E-state index is 12.2. The highest BCUT2D eigenvalue weighted by atomic mass is 19.4. The van der Waals surface area contributed by atoms with Crippen LogP contribution in [-0.2, 0) is 0 Å². The molecule has 0 bridgehead atoms. The fraction of sp³-hybridized carbons (Fsp3) is 0.0625. The molecule has 3 aromatic rings. The molecule has 0 radical (unpaired) electrons. The van der Waals surface area contributed by atoms with E-state index in [4.69, 9.17) is 4.74 Å². The normalized spacial score (nSPS) is 11.2. The quantitative estimate of drug-likeness (QED) is 0.575. The first kappa shape index (κ1) is 16.5. The third-order valence-corrected chi connectivity index (χ3v) is 3.07. The van der Waals surface area contributed by atoms with Gasteiger partial charge in [-0.3, -0.25) is 5.10 Å². The summed E-state index contributed by atoms with van der Waals surface area (Å²) >= 11 is 0. The summed E-state index contributed by atoms with van der Waals surface area (Å²) in [6.07, 6.45) is -3.56. The van der Waals surface area contributed by atoms with Crippen molar-refractivity contribution < 1.29 is 27.4 Å². The molecular formula is C16H10F3N3O3. The van der Waals surface area contributed by atoms with Gasteiger partial charge in [-0.15, -0.1) is 13.2 Å². The van der Waals surface area contributed by atoms with Crippen LogP contribution in [0, 0.1) is 0 Å². The third kappa shape index (κ3) is 4.34. The molecule has 0 saturated carbocycles. The molecule has 0 saturated heterocycles. The Morgan fingerprint density at radius 1 is 1.00 bits per heavy atom. The van der Waals surface area contributed by atoms with E-state index in [1.165, 1.54) is 30.6 Å². The van der Waals surface area contributed by atoms with Gasteiger partial charge >= 0.3 is 12.3 Å². The molecular weight excluding hydrogens is 339 g/mol. The van der Waals surface area contributed by atoms with Crippen molar-refractivity contribution in [1.82, 2.24) is 15.2 Å². The molecule has 1 aromatic heterocycles. The second-order valence-corrected chi connectivity index (χ2v) is 4.82. The predicted molar refractivity (Wildman–Crippen MR) is 79.9 cm³/mol. The number of aromatic amines is 1. The van der Waals surface area contributed by atoms with Gasteiger partial charge in [0.2, 0.25) is 5.82 Å². The van der Waals surface area contributed by atoms with Gasteiger partial charge in [-0.25, -0.2) is 9.78 Å². The first-order valence-corrected chi connectivity index (χ1v) is 6.94. The van der Waals surface area contributed by atoms with Crippen molar-refractivity contribution in [2.75, 3.05) is 0 Å². The van der Waals surface area contributed by atoms with E-state index in [9.17, 15) is 18.0 Å². The number of nitrogens with one attached hydrogen (secondary N) is 1. The molecule has 3 rings (SSSR count). The van der Waals surface area contributed by atoms with Gasteiger partial charge < -0.3 is 9.47 Å². The molecule has 25 heavy (non-hydrogen) atoms. The predicted octanol–water partition coefficient (Wildman–Crippen LogP) is 3.59. The molecule has 6 nitrogen and oxygen atoms in total. The largest absolute Gasteiger partial charge is 0.573 e. The summed E-state index contributed by atoms with van der Waals surface area (Å²) in [5.74, 6) is -0.804. The van der Waals surface area contributed by atoms with Crippen LogP contribution in [0.15, 0.2) is 54.9 Å². The fourth-order valence-electron chi connectivity index (χ4n) is 2.05. The zero-order chi connectivity index (χ0) is 17.9. The molecule has 0 unspecified atom stereocenters. The highest BCUT2D eigenvalue weighted by molar-refractivity contribution is 5.87. The lowest BCUT2D eigenvalue weighted by Gasteiger charge is -2.10. The SMILES string of the molecule is O=C(Oc1cccc(-c2ccc(OC(F)(F)F)cc2)c1)c1ncn[nH]1. The zero-order valence-corrected chi connectivity index (χ0v) is 12.4. The Bertz CT molecular complexity index is 862. The Balaban J connectivity index is 1.76. The highest BCUT2D eigenvalue weighted by Gasteiger charge is 2.30. The molecule has 0 aliphatic heterocycles. The van der Waals surface area contributed by atoms with E-state index in [1.54, 1.807) is 24.3 Å². The van der Waals surface area contributed by atoms with Crippen molar-refractivity contribution in [1.29, 1.82) is 0 Å². The number of ether oxygens (including phenoxy) is 2. The van der Waals surface area contributed by atoms with Crippen molar-refractivity contribution in [3.63, 3.8) is 0 Å². The van der Waals surface area contributed by atoms with Crippen LogP contribution < -0.4 is 9.47 Å². The number of esters is 1. The second-order valence-electron chi connectivity index (χ2n) is 4.82. The molecule has 0 aliphatic rings. The van der Waals surface area contributed by atoms with Crippen molar-refractivity contribution in [2.45, 2.75) is 6.36 Å². The molecule has 0 spiro atoms. The van der Waals surface area contributed by atoms with Crippen molar-refractivity contribution in [3.8, 4) is 22.6 Å². The van der Waals surface area contributed by atoms with E-state index in [1.807, 2.05) is 0 Å². The highest BCUT2D eigenvalue weighted by Crippen LogP contribution is 2.28. The minimum absolute atomic E-state index is 0.0425. The van der Waals surface area contributed by atoms with Crippen LogP contribution in [0.1, 0.15) is 10.6 Å². The lowest BCUT2D eigenvalue weighted by atomic mass is 10.1. The standard InChI is InChI=1S/C16H10F3N3O3/c17-16(18,19)25-12-6-4-10(5-7-12)11-2-1-3-13(8-11)24-15(23)14-20-9-21-22-14/h1-9H,(H,20,21,22). The minimum Gasteiger partial charge on any atom is -0.421 e. The van der Waals surface area contributed by atoms with Gasteiger partial charge in [-0.2, -0.15) is 5.10 Å². The Labute approximate surface area is 139 Å². The number of rotatable bonds is 4. The average Bonchev–Trinajstić information content (AvgIpc) is 3.09. The van der Waals surface area contributed by atoms with Crippen LogP contribution in [0.2, 0.25) is 0 Å². The summed E-state index contributed by atoms with van der Waals surface area (Å²) in [5.41, 5.74) is 1.29.